The minimum absolute atomic E-state index is 0.862. The number of hydrogen-bond donors (Lipinski definition) is 0. The van der Waals surface area contributed by atoms with Crippen molar-refractivity contribution in [1.29, 1.82) is 0 Å². The Bertz CT molecular complexity index is 417. The zero-order valence-electron chi connectivity index (χ0n) is 11.8. The average Bonchev–Trinajstić information content (AvgIpc) is 2.24. The minimum Gasteiger partial charge on any atom is -0.203 e. The Morgan fingerprint density at radius 3 is 1.22 bits per heavy atom. The van der Waals surface area contributed by atoms with Crippen molar-refractivity contribution in [3.8, 4) is 0 Å². The molecule has 0 nitrogen and oxygen atoms in total. The van der Waals surface area contributed by atoms with Gasteiger partial charge in [0, 0.05) is 6.42 Å². The molecular formula is C11H12F12. The maximum absolute atomic E-state index is 13.3. The highest BCUT2D eigenvalue weighted by atomic mass is 19.4. The lowest BCUT2D eigenvalue weighted by Gasteiger charge is -2.40. The quantitative estimate of drug-likeness (QED) is 0.512. The fourth-order valence-corrected chi connectivity index (χ4v) is 1.55. The molecule has 0 saturated heterocycles. The molecule has 0 unspecified atom stereocenters. The van der Waals surface area contributed by atoms with Gasteiger partial charge in [-0.25, -0.2) is 8.78 Å². The smallest absolute Gasteiger partial charge is 0.203 e. The van der Waals surface area contributed by atoms with Gasteiger partial charge < -0.3 is 0 Å². The fraction of sp³-hybridized carbons (Fsp3) is 1.00. The summed E-state index contributed by atoms with van der Waals surface area (Å²) >= 11 is 0. The molecule has 0 aliphatic rings. The van der Waals surface area contributed by atoms with E-state index in [-0.39, 0.29) is 0 Å². The molecule has 23 heavy (non-hydrogen) atoms. The molecule has 140 valence electrons. The Labute approximate surface area is 122 Å². The molecule has 0 aromatic heterocycles. The molecule has 0 radical (unpaired) electrons. The van der Waals surface area contributed by atoms with Crippen LogP contribution in [0.4, 0.5) is 52.7 Å². The van der Waals surface area contributed by atoms with Crippen molar-refractivity contribution in [3.05, 3.63) is 0 Å². The van der Waals surface area contributed by atoms with Gasteiger partial charge in [0.2, 0.25) is 0 Å². The van der Waals surface area contributed by atoms with Crippen molar-refractivity contribution in [1.82, 2.24) is 0 Å². The van der Waals surface area contributed by atoms with E-state index in [0.717, 1.165) is 20.8 Å². The third-order valence-corrected chi connectivity index (χ3v) is 2.69. The Kier molecular flexibility index (Phi) is 5.40. The summed E-state index contributed by atoms with van der Waals surface area (Å²) in [6.45, 7) is 2.59. The van der Waals surface area contributed by atoms with Gasteiger partial charge >= 0.3 is 36.0 Å². The minimum atomic E-state index is -7.44. The van der Waals surface area contributed by atoms with Gasteiger partial charge in [0.1, 0.15) is 0 Å². The van der Waals surface area contributed by atoms with Gasteiger partial charge in [-0.1, -0.05) is 20.8 Å². The van der Waals surface area contributed by atoms with E-state index in [2.05, 4.69) is 0 Å². The van der Waals surface area contributed by atoms with E-state index in [1.807, 2.05) is 0 Å². The first kappa shape index (κ1) is 22.2. The van der Waals surface area contributed by atoms with E-state index >= 15 is 0 Å². The molecule has 0 spiro atoms. The number of alkyl halides is 12. The van der Waals surface area contributed by atoms with Gasteiger partial charge in [-0.15, -0.1) is 0 Å². The highest BCUT2D eigenvalue weighted by molar-refractivity contribution is 5.09. The third kappa shape index (κ3) is 3.49. The summed E-state index contributed by atoms with van der Waals surface area (Å²) in [5.41, 5.74) is -1.79. The van der Waals surface area contributed by atoms with Crippen molar-refractivity contribution >= 4 is 0 Å². The predicted octanol–water partition coefficient (Wildman–Crippen LogP) is 5.86. The topological polar surface area (TPSA) is 0 Å². The Balaban J connectivity index is 6.07. The molecule has 0 heterocycles. The number of halogens is 12. The van der Waals surface area contributed by atoms with Crippen molar-refractivity contribution in [2.75, 3.05) is 0 Å². The van der Waals surface area contributed by atoms with E-state index in [9.17, 15) is 52.7 Å². The van der Waals surface area contributed by atoms with E-state index in [1.165, 1.54) is 0 Å². The summed E-state index contributed by atoms with van der Waals surface area (Å²) in [4.78, 5) is 0. The van der Waals surface area contributed by atoms with E-state index in [1.54, 1.807) is 0 Å². The number of rotatable bonds is 6. The summed E-state index contributed by atoms with van der Waals surface area (Å²) in [6.07, 6.45) is -7.56. The van der Waals surface area contributed by atoms with Crippen molar-refractivity contribution in [2.24, 2.45) is 5.41 Å². The van der Waals surface area contributed by atoms with Crippen LogP contribution in [0.3, 0.4) is 0 Å². The monoisotopic (exact) mass is 372 g/mol. The summed E-state index contributed by atoms with van der Waals surface area (Å²) in [6, 6.07) is 0. The molecule has 0 aliphatic heterocycles. The Morgan fingerprint density at radius 2 is 0.957 bits per heavy atom. The second kappa shape index (κ2) is 5.61. The summed E-state index contributed by atoms with van der Waals surface area (Å²) in [5.74, 6) is -34.7. The van der Waals surface area contributed by atoms with Crippen LogP contribution in [0.25, 0.3) is 0 Å². The molecule has 0 saturated carbocycles. The lowest BCUT2D eigenvalue weighted by atomic mass is 9.83. The third-order valence-electron chi connectivity index (χ3n) is 2.69. The maximum atomic E-state index is 13.3. The van der Waals surface area contributed by atoms with E-state index < -0.39 is 47.9 Å². The van der Waals surface area contributed by atoms with Crippen LogP contribution in [0.15, 0.2) is 0 Å². The highest BCUT2D eigenvalue weighted by Gasteiger charge is 2.87. The first-order valence-corrected chi connectivity index (χ1v) is 5.82. The normalized spacial score (nSPS) is 16.2. The SMILES string of the molecule is CC(C)(C)CC(F)(F)C(F)(F)C(F)(F)C(F)(F)C(F)(F)C(F)F. The van der Waals surface area contributed by atoms with Crippen molar-refractivity contribution < 1.29 is 52.7 Å². The van der Waals surface area contributed by atoms with Crippen LogP contribution in [-0.4, -0.2) is 36.0 Å². The molecular weight excluding hydrogens is 360 g/mol. The molecule has 0 aromatic carbocycles. The Hall–Kier alpha value is -0.840. The molecule has 0 atom stereocenters. The molecule has 0 fully saturated rings. The summed E-state index contributed by atoms with van der Waals surface area (Å²) in [5, 5.41) is 0. The fourth-order valence-electron chi connectivity index (χ4n) is 1.55. The van der Waals surface area contributed by atoms with Crippen LogP contribution in [-0.2, 0) is 0 Å². The van der Waals surface area contributed by atoms with Gasteiger partial charge in [0.15, 0.2) is 0 Å². The molecule has 0 amide bonds. The summed E-state index contributed by atoms with van der Waals surface area (Å²) in [7, 11) is 0. The lowest BCUT2D eigenvalue weighted by Crippen LogP contribution is -2.68. The van der Waals surface area contributed by atoms with E-state index in [0.29, 0.717) is 0 Å². The van der Waals surface area contributed by atoms with Gasteiger partial charge in [0.05, 0.1) is 0 Å². The van der Waals surface area contributed by atoms with Crippen molar-refractivity contribution in [2.45, 2.75) is 63.2 Å². The second-order valence-corrected chi connectivity index (χ2v) is 6.09. The zero-order valence-corrected chi connectivity index (χ0v) is 11.8. The molecule has 0 aromatic rings. The highest BCUT2D eigenvalue weighted by Crippen LogP contribution is 2.59. The van der Waals surface area contributed by atoms with Crippen LogP contribution in [0.5, 0.6) is 0 Å². The Morgan fingerprint density at radius 1 is 0.609 bits per heavy atom. The van der Waals surface area contributed by atoms with Crippen LogP contribution in [0.1, 0.15) is 27.2 Å². The van der Waals surface area contributed by atoms with Gasteiger partial charge in [0.25, 0.3) is 0 Å². The van der Waals surface area contributed by atoms with Crippen LogP contribution >= 0.6 is 0 Å². The lowest BCUT2D eigenvalue weighted by molar-refractivity contribution is -0.414. The predicted molar refractivity (Wildman–Crippen MR) is 54.8 cm³/mol. The number of hydrogen-bond acceptors (Lipinski definition) is 0. The van der Waals surface area contributed by atoms with Gasteiger partial charge in [-0.2, -0.15) is 43.9 Å². The van der Waals surface area contributed by atoms with Crippen LogP contribution in [0, 0.1) is 5.41 Å². The van der Waals surface area contributed by atoms with Crippen molar-refractivity contribution in [3.63, 3.8) is 0 Å². The zero-order chi connectivity index (χ0) is 19.3. The first-order valence-electron chi connectivity index (χ1n) is 5.82. The molecule has 12 heteroatoms. The summed E-state index contributed by atoms with van der Waals surface area (Å²) < 4.78 is 154. The van der Waals surface area contributed by atoms with Crippen LogP contribution in [0.2, 0.25) is 0 Å². The standard InChI is InChI=1S/C11H12F12/c1-6(2,3)4-7(14,15)9(18,19)11(22,23)10(20,21)8(16,17)5(12)13/h5H,4H2,1-3H3. The largest absolute Gasteiger partial charge is 0.384 e. The van der Waals surface area contributed by atoms with Gasteiger partial charge in [-0.05, 0) is 5.41 Å². The van der Waals surface area contributed by atoms with Crippen LogP contribution < -0.4 is 0 Å². The molecule has 0 aliphatic carbocycles. The maximum Gasteiger partial charge on any atom is 0.384 e. The average molecular weight is 372 g/mol. The van der Waals surface area contributed by atoms with E-state index in [4.69, 9.17) is 0 Å². The molecule has 0 rings (SSSR count). The van der Waals surface area contributed by atoms with Gasteiger partial charge in [-0.3, -0.25) is 0 Å². The second-order valence-electron chi connectivity index (χ2n) is 6.09. The molecule has 0 bridgehead atoms. The molecule has 0 N–H and O–H groups in total. The first-order chi connectivity index (χ1) is 9.65.